The van der Waals surface area contributed by atoms with Gasteiger partial charge in [0.05, 0.1) is 22.4 Å². The van der Waals surface area contributed by atoms with Gasteiger partial charge in [-0.05, 0) is 57.8 Å². The largest absolute Gasteiger partial charge is 0.335 e. The first-order valence-corrected chi connectivity index (χ1v) is 9.11. The van der Waals surface area contributed by atoms with Crippen LogP contribution in [-0.2, 0) is 13.1 Å². The zero-order chi connectivity index (χ0) is 17.2. The molecule has 2 aromatic heterocycles. The minimum absolute atomic E-state index is 0.743. The second kappa shape index (κ2) is 6.92. The van der Waals surface area contributed by atoms with E-state index in [4.69, 9.17) is 9.97 Å². The lowest BCUT2D eigenvalue weighted by Gasteiger charge is -2.32. The molecule has 1 aliphatic rings. The van der Waals surface area contributed by atoms with Gasteiger partial charge in [0.25, 0.3) is 0 Å². The highest BCUT2D eigenvalue weighted by atomic mass is 15.1. The number of imidazole rings is 1. The molecule has 5 nitrogen and oxygen atoms in total. The van der Waals surface area contributed by atoms with Gasteiger partial charge in [-0.1, -0.05) is 12.1 Å². The van der Waals surface area contributed by atoms with Crippen molar-refractivity contribution in [1.29, 1.82) is 0 Å². The Morgan fingerprint density at radius 3 is 2.44 bits per heavy atom. The van der Waals surface area contributed by atoms with Crippen molar-refractivity contribution in [2.24, 2.45) is 5.92 Å². The molecule has 0 saturated carbocycles. The summed E-state index contributed by atoms with van der Waals surface area (Å²) in [5.41, 5.74) is 4.14. The Morgan fingerprint density at radius 2 is 1.76 bits per heavy atom. The van der Waals surface area contributed by atoms with Crippen LogP contribution < -0.4 is 0 Å². The second-order valence-electron chi connectivity index (χ2n) is 7.09. The number of aromatic nitrogens is 4. The summed E-state index contributed by atoms with van der Waals surface area (Å²) in [6.45, 7) is 8.41. The van der Waals surface area contributed by atoms with Crippen LogP contribution in [0.2, 0.25) is 0 Å². The number of rotatable bonds is 4. The summed E-state index contributed by atoms with van der Waals surface area (Å²) in [6.07, 6.45) is 6.46. The van der Waals surface area contributed by atoms with Crippen molar-refractivity contribution in [3.63, 3.8) is 0 Å². The molecule has 0 spiro atoms. The highest BCUT2D eigenvalue weighted by Crippen LogP contribution is 2.22. The SMILES string of the molecule is Cc1nc2ccccc2nc1CN1CCC(Cn2ccnc2C)CC1. The zero-order valence-electron chi connectivity index (χ0n) is 15.0. The van der Waals surface area contributed by atoms with Crippen LogP contribution in [-0.4, -0.2) is 37.5 Å². The Labute approximate surface area is 148 Å². The third-order valence-electron chi connectivity index (χ3n) is 5.30. The lowest BCUT2D eigenvalue weighted by atomic mass is 9.96. The van der Waals surface area contributed by atoms with E-state index < -0.39 is 0 Å². The summed E-state index contributed by atoms with van der Waals surface area (Å²) in [4.78, 5) is 16.4. The van der Waals surface area contributed by atoms with Crippen LogP contribution in [0.4, 0.5) is 0 Å². The van der Waals surface area contributed by atoms with Crippen molar-refractivity contribution in [3.05, 3.63) is 53.9 Å². The molecule has 25 heavy (non-hydrogen) atoms. The van der Waals surface area contributed by atoms with Crippen LogP contribution in [0.1, 0.15) is 30.1 Å². The summed E-state index contributed by atoms with van der Waals surface area (Å²) < 4.78 is 2.28. The van der Waals surface area contributed by atoms with Crippen LogP contribution >= 0.6 is 0 Å². The van der Waals surface area contributed by atoms with Crippen molar-refractivity contribution in [3.8, 4) is 0 Å². The molecule has 0 radical (unpaired) electrons. The molecule has 4 rings (SSSR count). The molecule has 1 saturated heterocycles. The molecule has 130 valence electrons. The average Bonchev–Trinajstić information content (AvgIpc) is 3.02. The van der Waals surface area contributed by atoms with E-state index in [1.54, 1.807) is 0 Å². The van der Waals surface area contributed by atoms with Gasteiger partial charge in [-0.3, -0.25) is 4.90 Å². The van der Waals surface area contributed by atoms with Gasteiger partial charge in [0.15, 0.2) is 0 Å². The Balaban J connectivity index is 1.38. The van der Waals surface area contributed by atoms with Crippen molar-refractivity contribution in [2.45, 2.75) is 39.8 Å². The lowest BCUT2D eigenvalue weighted by molar-refractivity contribution is 0.165. The Kier molecular flexibility index (Phi) is 4.49. The van der Waals surface area contributed by atoms with Crippen LogP contribution in [0.15, 0.2) is 36.7 Å². The minimum Gasteiger partial charge on any atom is -0.335 e. The molecule has 1 aliphatic heterocycles. The molecule has 3 heterocycles. The molecule has 0 atom stereocenters. The van der Waals surface area contributed by atoms with Crippen LogP contribution in [0.3, 0.4) is 0 Å². The first-order valence-electron chi connectivity index (χ1n) is 9.11. The second-order valence-corrected chi connectivity index (χ2v) is 7.09. The summed E-state index contributed by atoms with van der Waals surface area (Å²) in [5, 5.41) is 0. The summed E-state index contributed by atoms with van der Waals surface area (Å²) in [5.74, 6) is 1.86. The third kappa shape index (κ3) is 3.56. The maximum atomic E-state index is 4.84. The van der Waals surface area contributed by atoms with E-state index in [9.17, 15) is 0 Å². The van der Waals surface area contributed by atoms with E-state index in [-0.39, 0.29) is 0 Å². The van der Waals surface area contributed by atoms with E-state index in [0.29, 0.717) is 0 Å². The molecular weight excluding hydrogens is 310 g/mol. The van der Waals surface area contributed by atoms with Gasteiger partial charge in [0, 0.05) is 25.5 Å². The molecule has 0 N–H and O–H groups in total. The molecule has 0 amide bonds. The van der Waals surface area contributed by atoms with E-state index in [1.165, 1.54) is 12.8 Å². The minimum atomic E-state index is 0.743. The first-order chi connectivity index (χ1) is 12.2. The monoisotopic (exact) mass is 335 g/mol. The van der Waals surface area contributed by atoms with E-state index >= 15 is 0 Å². The first kappa shape index (κ1) is 16.2. The van der Waals surface area contributed by atoms with Gasteiger partial charge < -0.3 is 4.57 Å². The highest BCUT2D eigenvalue weighted by Gasteiger charge is 2.21. The Morgan fingerprint density at radius 1 is 1.04 bits per heavy atom. The number of hydrogen-bond donors (Lipinski definition) is 0. The lowest BCUT2D eigenvalue weighted by Crippen LogP contribution is -2.35. The zero-order valence-corrected chi connectivity index (χ0v) is 15.0. The van der Waals surface area contributed by atoms with Crippen molar-refractivity contribution in [1.82, 2.24) is 24.4 Å². The van der Waals surface area contributed by atoms with Crippen molar-refractivity contribution < 1.29 is 0 Å². The standard InChI is InChI=1S/C20H25N5/c1-15-20(23-19-6-4-3-5-18(19)22-15)14-24-10-7-17(8-11-24)13-25-12-9-21-16(25)2/h3-6,9,12,17H,7-8,10-11,13-14H2,1-2H3. The van der Waals surface area contributed by atoms with Crippen LogP contribution in [0.25, 0.3) is 11.0 Å². The van der Waals surface area contributed by atoms with Gasteiger partial charge in [-0.2, -0.15) is 0 Å². The maximum Gasteiger partial charge on any atom is 0.105 e. The van der Waals surface area contributed by atoms with Crippen molar-refractivity contribution >= 4 is 11.0 Å². The van der Waals surface area contributed by atoms with Crippen molar-refractivity contribution in [2.75, 3.05) is 13.1 Å². The number of hydrogen-bond acceptors (Lipinski definition) is 4. The van der Waals surface area contributed by atoms with Gasteiger partial charge in [-0.25, -0.2) is 15.0 Å². The average molecular weight is 335 g/mol. The molecule has 1 fully saturated rings. The van der Waals surface area contributed by atoms with E-state index in [1.807, 2.05) is 30.5 Å². The molecule has 0 aliphatic carbocycles. The summed E-state index contributed by atoms with van der Waals surface area (Å²) in [6, 6.07) is 8.12. The molecular formula is C20H25N5. The van der Waals surface area contributed by atoms with E-state index in [2.05, 4.69) is 34.5 Å². The fraction of sp³-hybridized carbons (Fsp3) is 0.450. The van der Waals surface area contributed by atoms with Crippen LogP contribution in [0.5, 0.6) is 0 Å². The smallest absolute Gasteiger partial charge is 0.105 e. The fourth-order valence-corrected chi connectivity index (χ4v) is 3.69. The topological polar surface area (TPSA) is 46.8 Å². The van der Waals surface area contributed by atoms with Gasteiger partial charge in [0.2, 0.25) is 0 Å². The maximum absolute atomic E-state index is 4.84. The molecule has 0 bridgehead atoms. The van der Waals surface area contributed by atoms with Crippen LogP contribution in [0, 0.1) is 19.8 Å². The normalized spacial score (nSPS) is 16.6. The fourth-order valence-electron chi connectivity index (χ4n) is 3.69. The third-order valence-corrected chi connectivity index (χ3v) is 5.30. The van der Waals surface area contributed by atoms with Gasteiger partial charge >= 0.3 is 0 Å². The molecule has 5 heteroatoms. The number of nitrogens with zero attached hydrogens (tertiary/aromatic N) is 5. The molecule has 1 aromatic carbocycles. The summed E-state index contributed by atoms with van der Waals surface area (Å²) >= 11 is 0. The van der Waals surface area contributed by atoms with E-state index in [0.717, 1.165) is 60.3 Å². The number of fused-ring (bicyclic) bond motifs is 1. The predicted molar refractivity (Wildman–Crippen MR) is 99.2 cm³/mol. The Bertz CT molecular complexity index is 861. The number of para-hydroxylation sites is 2. The number of benzene rings is 1. The Hall–Kier alpha value is -2.27. The number of piperidine rings is 1. The predicted octanol–water partition coefficient (Wildman–Crippen LogP) is 3.36. The molecule has 0 unspecified atom stereocenters. The number of likely N-dealkylation sites (tertiary alicyclic amines) is 1. The summed E-state index contributed by atoms with van der Waals surface area (Å²) in [7, 11) is 0. The quantitative estimate of drug-likeness (QED) is 0.733. The highest BCUT2D eigenvalue weighted by molar-refractivity contribution is 5.74. The van der Waals surface area contributed by atoms with Gasteiger partial charge in [0.1, 0.15) is 5.82 Å². The molecule has 3 aromatic rings. The van der Waals surface area contributed by atoms with Gasteiger partial charge in [-0.15, -0.1) is 0 Å². The number of aryl methyl sites for hydroxylation is 2.